The molecule has 1 rings (SSSR count). The first-order chi connectivity index (χ1) is 5.64. The molecule has 0 heteroatoms. The normalized spacial score (nSPS) is 21.2. The van der Waals surface area contributed by atoms with Gasteiger partial charge in [-0.1, -0.05) is 52.9 Å². The van der Waals surface area contributed by atoms with E-state index in [-0.39, 0.29) is 0 Å². The average molecular weight is 167 g/mol. The van der Waals surface area contributed by atoms with Gasteiger partial charge < -0.3 is 0 Å². The van der Waals surface area contributed by atoms with Crippen LogP contribution in [0.4, 0.5) is 0 Å². The van der Waals surface area contributed by atoms with Crippen molar-refractivity contribution in [3.63, 3.8) is 0 Å². The molecule has 1 fully saturated rings. The summed E-state index contributed by atoms with van der Waals surface area (Å²) in [6, 6.07) is 0. The second kappa shape index (κ2) is 4.30. The highest BCUT2D eigenvalue weighted by Gasteiger charge is 2.22. The van der Waals surface area contributed by atoms with Gasteiger partial charge in [0.15, 0.2) is 0 Å². The first-order valence-corrected chi connectivity index (χ1v) is 5.44. The van der Waals surface area contributed by atoms with Crippen LogP contribution < -0.4 is 0 Å². The molecular formula is C12H23. The molecule has 0 unspecified atom stereocenters. The van der Waals surface area contributed by atoms with Gasteiger partial charge in [-0.3, -0.25) is 0 Å². The topological polar surface area (TPSA) is 0 Å². The Balaban J connectivity index is 2.28. The molecule has 0 spiro atoms. The molecule has 0 atom stereocenters. The third kappa shape index (κ3) is 3.16. The van der Waals surface area contributed by atoms with Crippen molar-refractivity contribution < 1.29 is 0 Å². The van der Waals surface area contributed by atoms with Crippen LogP contribution in [-0.4, -0.2) is 0 Å². The minimum atomic E-state index is 0.474. The average Bonchev–Trinajstić information content (AvgIpc) is 2.06. The van der Waals surface area contributed by atoms with Crippen molar-refractivity contribution in [3.8, 4) is 0 Å². The summed E-state index contributed by atoms with van der Waals surface area (Å²) >= 11 is 0. The van der Waals surface area contributed by atoms with Crippen molar-refractivity contribution in [1.82, 2.24) is 0 Å². The summed E-state index contributed by atoms with van der Waals surface area (Å²) in [4.78, 5) is 0. The predicted octanol–water partition coefficient (Wildman–Crippen LogP) is 4.21. The molecule has 0 aliphatic heterocycles. The van der Waals surface area contributed by atoms with E-state index in [1.54, 1.807) is 0 Å². The van der Waals surface area contributed by atoms with Gasteiger partial charge in [-0.25, -0.2) is 0 Å². The predicted molar refractivity (Wildman–Crippen MR) is 54.9 cm³/mol. The van der Waals surface area contributed by atoms with Crippen LogP contribution in [-0.2, 0) is 0 Å². The summed E-state index contributed by atoms with van der Waals surface area (Å²) in [5, 5.41) is 0. The molecule has 0 amide bonds. The Hall–Kier alpha value is 0. The molecule has 0 aromatic rings. The van der Waals surface area contributed by atoms with Crippen molar-refractivity contribution in [2.75, 3.05) is 0 Å². The molecule has 1 radical (unpaired) electrons. The minimum absolute atomic E-state index is 0.474. The van der Waals surface area contributed by atoms with Gasteiger partial charge in [0.05, 0.1) is 0 Å². The van der Waals surface area contributed by atoms with Crippen LogP contribution in [0.2, 0.25) is 0 Å². The molecule has 1 saturated carbocycles. The van der Waals surface area contributed by atoms with Gasteiger partial charge in [-0.15, -0.1) is 0 Å². The third-order valence-electron chi connectivity index (χ3n) is 3.32. The molecular weight excluding hydrogens is 144 g/mol. The monoisotopic (exact) mass is 167 g/mol. The summed E-state index contributed by atoms with van der Waals surface area (Å²) in [6.45, 7) is 6.92. The summed E-state index contributed by atoms with van der Waals surface area (Å²) in [5.41, 5.74) is 0.474. The zero-order valence-corrected chi connectivity index (χ0v) is 8.90. The standard InChI is InChI=1S/C12H23/c1-4-12(2,3)10-11-8-6-5-7-9-11/h4,11H,5-10H2,1-3H3. The van der Waals surface area contributed by atoms with Crippen LogP contribution in [0.25, 0.3) is 0 Å². The van der Waals surface area contributed by atoms with Gasteiger partial charge in [-0.05, 0) is 24.2 Å². The van der Waals surface area contributed by atoms with Crippen LogP contribution in [0.5, 0.6) is 0 Å². The van der Waals surface area contributed by atoms with Crippen LogP contribution >= 0.6 is 0 Å². The van der Waals surface area contributed by atoms with Crippen molar-refractivity contribution in [2.24, 2.45) is 11.3 Å². The molecule has 0 N–H and O–H groups in total. The van der Waals surface area contributed by atoms with Crippen LogP contribution in [0, 0.1) is 17.8 Å². The lowest BCUT2D eigenvalue weighted by Crippen LogP contribution is -2.18. The molecule has 1 aliphatic rings. The van der Waals surface area contributed by atoms with Gasteiger partial charge in [0.25, 0.3) is 0 Å². The fourth-order valence-electron chi connectivity index (χ4n) is 2.25. The highest BCUT2D eigenvalue weighted by atomic mass is 14.3. The molecule has 0 aromatic carbocycles. The first kappa shape index (κ1) is 10.1. The largest absolute Gasteiger partial charge is 0.0617 e. The summed E-state index contributed by atoms with van der Waals surface area (Å²) in [6.07, 6.45) is 11.2. The molecule has 0 aromatic heterocycles. The van der Waals surface area contributed by atoms with E-state index in [0.29, 0.717) is 5.41 Å². The molecule has 12 heavy (non-hydrogen) atoms. The fourth-order valence-corrected chi connectivity index (χ4v) is 2.25. The van der Waals surface area contributed by atoms with Crippen molar-refractivity contribution in [3.05, 3.63) is 6.42 Å². The van der Waals surface area contributed by atoms with Crippen LogP contribution in [0.1, 0.15) is 59.3 Å². The number of hydrogen-bond acceptors (Lipinski definition) is 0. The summed E-state index contributed by atoms with van der Waals surface area (Å²) in [7, 11) is 0. The van der Waals surface area contributed by atoms with E-state index in [1.807, 2.05) is 0 Å². The van der Waals surface area contributed by atoms with Crippen molar-refractivity contribution in [2.45, 2.75) is 59.3 Å². The third-order valence-corrected chi connectivity index (χ3v) is 3.32. The van der Waals surface area contributed by atoms with E-state index in [1.165, 1.54) is 38.5 Å². The number of rotatable bonds is 3. The molecule has 0 heterocycles. The Bertz CT molecular complexity index is 118. The lowest BCUT2D eigenvalue weighted by Gasteiger charge is -2.30. The Morgan fingerprint density at radius 3 is 2.25 bits per heavy atom. The lowest BCUT2D eigenvalue weighted by atomic mass is 9.75. The van der Waals surface area contributed by atoms with Crippen LogP contribution in [0.15, 0.2) is 0 Å². The van der Waals surface area contributed by atoms with Gasteiger partial charge in [0, 0.05) is 0 Å². The smallest absolute Gasteiger partial charge is 0.0323 e. The summed E-state index contributed by atoms with van der Waals surface area (Å²) in [5.74, 6) is 1.02. The molecule has 0 nitrogen and oxygen atoms in total. The first-order valence-electron chi connectivity index (χ1n) is 5.44. The van der Waals surface area contributed by atoms with E-state index in [4.69, 9.17) is 0 Å². The molecule has 0 bridgehead atoms. The second-order valence-electron chi connectivity index (χ2n) is 4.99. The summed E-state index contributed by atoms with van der Waals surface area (Å²) < 4.78 is 0. The zero-order chi connectivity index (χ0) is 9.03. The lowest BCUT2D eigenvalue weighted by molar-refractivity contribution is 0.250. The quantitative estimate of drug-likeness (QED) is 0.590. The van der Waals surface area contributed by atoms with E-state index in [0.717, 1.165) is 5.92 Å². The van der Waals surface area contributed by atoms with E-state index in [9.17, 15) is 0 Å². The Labute approximate surface area is 77.7 Å². The fraction of sp³-hybridized carbons (Fsp3) is 0.917. The minimum Gasteiger partial charge on any atom is -0.0617 e. The Morgan fingerprint density at radius 2 is 1.75 bits per heavy atom. The second-order valence-corrected chi connectivity index (χ2v) is 4.99. The molecule has 71 valence electrons. The van der Waals surface area contributed by atoms with Crippen molar-refractivity contribution in [1.29, 1.82) is 0 Å². The van der Waals surface area contributed by atoms with Gasteiger partial charge in [0.1, 0.15) is 0 Å². The number of hydrogen-bond donors (Lipinski definition) is 0. The van der Waals surface area contributed by atoms with Crippen LogP contribution in [0.3, 0.4) is 0 Å². The molecule has 1 aliphatic carbocycles. The zero-order valence-electron chi connectivity index (χ0n) is 8.90. The highest BCUT2D eigenvalue weighted by molar-refractivity contribution is 4.84. The van der Waals surface area contributed by atoms with E-state index in [2.05, 4.69) is 27.2 Å². The SMILES string of the molecule is C[CH]C(C)(C)CC1CCCCC1. The highest BCUT2D eigenvalue weighted by Crippen LogP contribution is 2.35. The van der Waals surface area contributed by atoms with Gasteiger partial charge >= 0.3 is 0 Å². The maximum atomic E-state index is 2.36. The van der Waals surface area contributed by atoms with Crippen molar-refractivity contribution >= 4 is 0 Å². The molecule has 0 saturated heterocycles. The maximum Gasteiger partial charge on any atom is -0.0323 e. The van der Waals surface area contributed by atoms with Gasteiger partial charge in [0.2, 0.25) is 0 Å². The Morgan fingerprint density at radius 1 is 1.17 bits per heavy atom. The maximum absolute atomic E-state index is 2.36. The van der Waals surface area contributed by atoms with E-state index >= 15 is 0 Å². The van der Waals surface area contributed by atoms with E-state index < -0.39 is 0 Å². The Kier molecular flexibility index (Phi) is 3.61. The van der Waals surface area contributed by atoms with Gasteiger partial charge in [-0.2, -0.15) is 0 Å².